The first kappa shape index (κ1) is 17.2. The van der Waals surface area contributed by atoms with E-state index in [1.165, 1.54) is 7.11 Å². The molecule has 2 unspecified atom stereocenters. The van der Waals surface area contributed by atoms with Crippen molar-refractivity contribution in [2.45, 2.75) is 45.3 Å². The molecule has 0 saturated heterocycles. The smallest absolute Gasteiger partial charge is 0.342 e. The zero-order valence-electron chi connectivity index (χ0n) is 12.9. The van der Waals surface area contributed by atoms with Gasteiger partial charge in [-0.2, -0.15) is 0 Å². The average molecular weight is 294 g/mol. The Morgan fingerprint density at radius 1 is 1.48 bits per heavy atom. The first-order valence-corrected chi connectivity index (χ1v) is 6.93. The van der Waals surface area contributed by atoms with Crippen LogP contribution in [0.25, 0.3) is 0 Å². The molecule has 0 fully saturated rings. The van der Waals surface area contributed by atoms with E-state index in [1.807, 2.05) is 13.0 Å². The van der Waals surface area contributed by atoms with Crippen molar-refractivity contribution in [3.63, 3.8) is 0 Å². The second-order valence-electron chi connectivity index (χ2n) is 5.09. The molecule has 0 saturated carbocycles. The zero-order chi connectivity index (χ0) is 16.0. The van der Waals surface area contributed by atoms with Crippen LogP contribution in [0.1, 0.15) is 33.6 Å². The number of carboxylic acid groups (broad SMARTS) is 1. The molecule has 5 nitrogen and oxygen atoms in total. The summed E-state index contributed by atoms with van der Waals surface area (Å²) in [5.74, 6) is -1.62. The quantitative estimate of drug-likeness (QED) is 0.577. The highest BCUT2D eigenvalue weighted by atomic mass is 16.5. The van der Waals surface area contributed by atoms with E-state index in [1.54, 1.807) is 32.1 Å². The molecule has 5 heteroatoms. The lowest BCUT2D eigenvalue weighted by atomic mass is 9.96. The highest BCUT2D eigenvalue weighted by Crippen LogP contribution is 2.34. The molecule has 116 valence electrons. The van der Waals surface area contributed by atoms with Crippen LogP contribution in [0, 0.1) is 0 Å². The summed E-state index contributed by atoms with van der Waals surface area (Å²) in [6, 6.07) is 0. The number of aliphatic carboxylic acids is 1. The van der Waals surface area contributed by atoms with Gasteiger partial charge >= 0.3 is 5.97 Å². The number of ether oxygens (including phenoxy) is 2. The van der Waals surface area contributed by atoms with Gasteiger partial charge in [0.1, 0.15) is 11.3 Å². The molecule has 0 aromatic carbocycles. The third-order valence-corrected chi connectivity index (χ3v) is 3.28. The van der Waals surface area contributed by atoms with Crippen molar-refractivity contribution in [2.75, 3.05) is 7.11 Å². The Morgan fingerprint density at radius 3 is 2.67 bits per heavy atom. The third-order valence-electron chi connectivity index (χ3n) is 3.28. The second kappa shape index (κ2) is 7.22. The van der Waals surface area contributed by atoms with Gasteiger partial charge in [-0.15, -0.1) is 0 Å². The van der Waals surface area contributed by atoms with Gasteiger partial charge in [-0.25, -0.2) is 4.79 Å². The third kappa shape index (κ3) is 4.04. The molecule has 1 N–H and O–H groups in total. The van der Waals surface area contributed by atoms with Crippen molar-refractivity contribution in [3.05, 3.63) is 35.6 Å². The normalized spacial score (nSPS) is 24.1. The number of rotatable bonds is 7. The summed E-state index contributed by atoms with van der Waals surface area (Å²) < 4.78 is 10.7. The minimum atomic E-state index is -1.27. The molecule has 0 spiro atoms. The highest BCUT2D eigenvalue weighted by molar-refractivity contribution is 6.22. The van der Waals surface area contributed by atoms with E-state index in [-0.39, 0.29) is 23.9 Å². The summed E-state index contributed by atoms with van der Waals surface area (Å²) in [5.41, 5.74) is -1.56. The van der Waals surface area contributed by atoms with Crippen LogP contribution in [-0.2, 0) is 19.1 Å². The van der Waals surface area contributed by atoms with Gasteiger partial charge in [0, 0.05) is 13.5 Å². The van der Waals surface area contributed by atoms with Crippen LogP contribution in [0.4, 0.5) is 0 Å². The van der Waals surface area contributed by atoms with Crippen molar-refractivity contribution >= 4 is 11.8 Å². The SMILES string of the molecule is CCC=CC=CC1(C)OC(CC(C)OC)=C(C(=O)O)C1=O. The van der Waals surface area contributed by atoms with Crippen LogP contribution >= 0.6 is 0 Å². The summed E-state index contributed by atoms with van der Waals surface area (Å²) >= 11 is 0. The molecule has 1 aliphatic heterocycles. The molecule has 2 atom stereocenters. The average Bonchev–Trinajstić information content (AvgIpc) is 2.66. The van der Waals surface area contributed by atoms with Gasteiger partial charge < -0.3 is 14.6 Å². The minimum Gasteiger partial charge on any atom is -0.478 e. The van der Waals surface area contributed by atoms with Crippen molar-refractivity contribution in [1.82, 2.24) is 0 Å². The summed E-state index contributed by atoms with van der Waals surface area (Å²) in [5, 5.41) is 9.24. The van der Waals surface area contributed by atoms with E-state index in [0.717, 1.165) is 6.42 Å². The van der Waals surface area contributed by atoms with Crippen LogP contribution in [0.3, 0.4) is 0 Å². The van der Waals surface area contributed by atoms with E-state index in [4.69, 9.17) is 9.47 Å². The number of carboxylic acids is 1. The number of Topliss-reactive ketones (excluding diaryl/α,β-unsaturated/α-hetero) is 1. The van der Waals surface area contributed by atoms with Gasteiger partial charge in [0.15, 0.2) is 5.60 Å². The number of allylic oxidation sites excluding steroid dienone is 3. The van der Waals surface area contributed by atoms with Crippen LogP contribution < -0.4 is 0 Å². The molecule has 0 aromatic heterocycles. The van der Waals surface area contributed by atoms with E-state index < -0.39 is 17.4 Å². The highest BCUT2D eigenvalue weighted by Gasteiger charge is 2.46. The second-order valence-corrected chi connectivity index (χ2v) is 5.09. The fraction of sp³-hybridized carbons (Fsp3) is 0.500. The first-order valence-electron chi connectivity index (χ1n) is 6.93. The van der Waals surface area contributed by atoms with Gasteiger partial charge in [0.05, 0.1) is 6.10 Å². The Hall–Kier alpha value is -1.88. The lowest BCUT2D eigenvalue weighted by Crippen LogP contribution is -2.32. The minimum absolute atomic E-state index is 0.175. The Balaban J connectivity index is 3.02. The van der Waals surface area contributed by atoms with Gasteiger partial charge in [-0.1, -0.05) is 25.2 Å². The maximum absolute atomic E-state index is 12.3. The van der Waals surface area contributed by atoms with E-state index in [0.29, 0.717) is 0 Å². The van der Waals surface area contributed by atoms with E-state index >= 15 is 0 Å². The molecule has 0 radical (unpaired) electrons. The fourth-order valence-electron chi connectivity index (χ4n) is 2.00. The molecule has 0 aromatic rings. The predicted molar refractivity (Wildman–Crippen MR) is 78.8 cm³/mol. The lowest BCUT2D eigenvalue weighted by molar-refractivity contribution is -0.135. The number of hydrogen-bond acceptors (Lipinski definition) is 4. The van der Waals surface area contributed by atoms with Crippen LogP contribution in [0.5, 0.6) is 0 Å². The van der Waals surface area contributed by atoms with E-state index in [9.17, 15) is 14.7 Å². The molecular formula is C16H22O5. The van der Waals surface area contributed by atoms with Crippen LogP contribution in [0.2, 0.25) is 0 Å². The van der Waals surface area contributed by atoms with Gasteiger partial charge in [0.2, 0.25) is 5.78 Å². The van der Waals surface area contributed by atoms with Crippen molar-refractivity contribution in [2.24, 2.45) is 0 Å². The monoisotopic (exact) mass is 294 g/mol. The summed E-state index contributed by atoms with van der Waals surface area (Å²) in [6.45, 7) is 5.35. The Bertz CT molecular complexity index is 501. The summed E-state index contributed by atoms with van der Waals surface area (Å²) in [6.07, 6.45) is 7.91. The van der Waals surface area contributed by atoms with Crippen molar-refractivity contribution in [1.29, 1.82) is 0 Å². The molecule has 21 heavy (non-hydrogen) atoms. The number of carbonyl (C=O) groups is 2. The zero-order valence-corrected chi connectivity index (χ0v) is 12.9. The summed E-state index contributed by atoms with van der Waals surface area (Å²) in [4.78, 5) is 23.7. The van der Waals surface area contributed by atoms with E-state index in [2.05, 4.69) is 0 Å². The van der Waals surface area contributed by atoms with Gasteiger partial charge in [0.25, 0.3) is 0 Å². The molecule has 1 heterocycles. The molecular weight excluding hydrogens is 272 g/mol. The standard InChI is InChI=1S/C16H22O5/c1-5-6-7-8-9-16(3)14(17)13(15(18)19)12(21-16)10-11(2)20-4/h6-9,11H,5,10H2,1-4H3,(H,18,19). The molecule has 0 amide bonds. The van der Waals surface area contributed by atoms with Crippen molar-refractivity contribution < 1.29 is 24.2 Å². The maximum Gasteiger partial charge on any atom is 0.342 e. The summed E-state index contributed by atoms with van der Waals surface area (Å²) in [7, 11) is 1.52. The van der Waals surface area contributed by atoms with Gasteiger partial charge in [-0.3, -0.25) is 4.79 Å². The number of methoxy groups -OCH3 is 1. The Labute approximate surface area is 124 Å². The molecule has 1 aliphatic rings. The number of carbonyl (C=O) groups excluding carboxylic acids is 1. The fourth-order valence-corrected chi connectivity index (χ4v) is 2.00. The van der Waals surface area contributed by atoms with Crippen molar-refractivity contribution in [3.8, 4) is 0 Å². The predicted octanol–water partition coefficient (Wildman–Crippen LogP) is 2.63. The number of ketones is 1. The number of hydrogen-bond donors (Lipinski definition) is 1. The Kier molecular flexibility index (Phi) is 5.90. The molecule has 0 aliphatic carbocycles. The first-order chi connectivity index (χ1) is 9.85. The topological polar surface area (TPSA) is 72.8 Å². The largest absolute Gasteiger partial charge is 0.478 e. The van der Waals surface area contributed by atoms with Crippen LogP contribution in [-0.4, -0.2) is 35.7 Å². The Morgan fingerprint density at radius 2 is 2.14 bits per heavy atom. The molecule has 1 rings (SSSR count). The lowest BCUT2D eigenvalue weighted by Gasteiger charge is -2.20. The maximum atomic E-state index is 12.3. The van der Waals surface area contributed by atoms with Crippen LogP contribution in [0.15, 0.2) is 35.6 Å². The van der Waals surface area contributed by atoms with Gasteiger partial charge in [-0.05, 0) is 26.3 Å². The molecule has 0 bridgehead atoms.